The van der Waals surface area contributed by atoms with Crippen LogP contribution in [0.5, 0.6) is 0 Å². The molecule has 0 radical (unpaired) electrons. The summed E-state index contributed by atoms with van der Waals surface area (Å²) in [6.45, 7) is 0. The minimum atomic E-state index is -1.13. The second-order valence-corrected chi connectivity index (χ2v) is 4.63. The molecule has 2 aromatic rings. The smallest absolute Gasteiger partial charge is 0.337 e. The molecule has 1 heterocycles. The fourth-order valence-corrected chi connectivity index (χ4v) is 1.79. The number of nitrogens with one attached hydrogen (secondary N) is 1. The molecule has 19 heavy (non-hydrogen) atoms. The number of anilines is 3. The van der Waals surface area contributed by atoms with Crippen LogP contribution in [-0.4, -0.2) is 16.1 Å². The van der Waals surface area contributed by atoms with Gasteiger partial charge < -0.3 is 16.2 Å². The number of rotatable bonds is 3. The monoisotopic (exact) mass is 325 g/mol. The van der Waals surface area contributed by atoms with Crippen LogP contribution in [0, 0.1) is 5.82 Å². The minimum Gasteiger partial charge on any atom is -0.478 e. The third-order valence-corrected chi connectivity index (χ3v) is 2.84. The SMILES string of the molecule is Nc1cc(C(=O)O)cnc1Nc1cc(Br)ccc1F. The van der Waals surface area contributed by atoms with Crippen molar-refractivity contribution in [2.45, 2.75) is 0 Å². The zero-order valence-electron chi connectivity index (χ0n) is 9.52. The van der Waals surface area contributed by atoms with Gasteiger partial charge in [0.2, 0.25) is 0 Å². The number of pyridine rings is 1. The molecule has 2 rings (SSSR count). The molecule has 0 saturated carbocycles. The molecule has 0 aliphatic heterocycles. The lowest BCUT2D eigenvalue weighted by molar-refractivity contribution is 0.0696. The highest BCUT2D eigenvalue weighted by molar-refractivity contribution is 9.10. The Morgan fingerprint density at radius 1 is 1.42 bits per heavy atom. The zero-order chi connectivity index (χ0) is 14.0. The fraction of sp³-hybridized carbons (Fsp3) is 0. The molecule has 0 amide bonds. The van der Waals surface area contributed by atoms with Crippen molar-refractivity contribution in [1.29, 1.82) is 0 Å². The minimum absolute atomic E-state index is 0.0298. The second kappa shape index (κ2) is 5.23. The standard InChI is InChI=1S/C12H9BrFN3O2/c13-7-1-2-8(14)10(4-7)17-11-9(15)3-6(5-16-11)12(18)19/h1-5H,15H2,(H,16,17)(H,18,19). The van der Waals surface area contributed by atoms with Crippen molar-refractivity contribution in [1.82, 2.24) is 4.98 Å². The number of hydrogen-bond acceptors (Lipinski definition) is 4. The van der Waals surface area contributed by atoms with Gasteiger partial charge in [0.15, 0.2) is 5.82 Å². The van der Waals surface area contributed by atoms with Gasteiger partial charge >= 0.3 is 5.97 Å². The molecule has 1 aromatic heterocycles. The molecule has 0 atom stereocenters. The molecule has 0 fully saturated rings. The Kier molecular flexibility index (Phi) is 3.66. The second-order valence-electron chi connectivity index (χ2n) is 3.72. The summed E-state index contributed by atoms with van der Waals surface area (Å²) < 4.78 is 14.2. The maximum Gasteiger partial charge on any atom is 0.337 e. The first-order chi connectivity index (χ1) is 8.97. The molecule has 0 aliphatic rings. The van der Waals surface area contributed by atoms with Crippen LogP contribution in [0.1, 0.15) is 10.4 Å². The van der Waals surface area contributed by atoms with Crippen LogP contribution >= 0.6 is 15.9 Å². The fourth-order valence-electron chi connectivity index (χ4n) is 1.42. The number of carboxylic acid groups (broad SMARTS) is 1. The maximum absolute atomic E-state index is 13.5. The van der Waals surface area contributed by atoms with Crippen LogP contribution in [0.15, 0.2) is 34.9 Å². The summed E-state index contributed by atoms with van der Waals surface area (Å²) in [4.78, 5) is 14.6. The van der Waals surface area contributed by atoms with Crippen molar-refractivity contribution in [3.05, 3.63) is 46.3 Å². The Bertz CT molecular complexity index is 649. The normalized spacial score (nSPS) is 10.2. The summed E-state index contributed by atoms with van der Waals surface area (Å²) in [5, 5.41) is 11.5. The van der Waals surface area contributed by atoms with Gasteiger partial charge in [-0.1, -0.05) is 15.9 Å². The molecule has 0 spiro atoms. The molecule has 5 nitrogen and oxygen atoms in total. The summed E-state index contributed by atoms with van der Waals surface area (Å²) in [6.07, 6.45) is 1.15. The molecule has 1 aromatic carbocycles. The molecule has 4 N–H and O–H groups in total. The largest absolute Gasteiger partial charge is 0.478 e. The van der Waals surface area contributed by atoms with Crippen molar-refractivity contribution in [3.8, 4) is 0 Å². The Balaban J connectivity index is 2.33. The number of carboxylic acids is 1. The van der Waals surface area contributed by atoms with Crippen LogP contribution < -0.4 is 11.1 Å². The topological polar surface area (TPSA) is 88.2 Å². The molecule has 7 heteroatoms. The summed E-state index contributed by atoms with van der Waals surface area (Å²) in [5.41, 5.74) is 5.96. The van der Waals surface area contributed by atoms with Gasteiger partial charge in [-0.15, -0.1) is 0 Å². The van der Waals surface area contributed by atoms with E-state index in [2.05, 4.69) is 26.2 Å². The van der Waals surface area contributed by atoms with E-state index >= 15 is 0 Å². The average Bonchev–Trinajstić information content (AvgIpc) is 2.36. The Labute approximate surface area is 116 Å². The van der Waals surface area contributed by atoms with Gasteiger partial charge in [-0.05, 0) is 24.3 Å². The third kappa shape index (κ3) is 3.00. The van der Waals surface area contributed by atoms with Gasteiger partial charge in [0, 0.05) is 10.7 Å². The first kappa shape index (κ1) is 13.3. The predicted molar refractivity (Wildman–Crippen MR) is 73.0 cm³/mol. The number of hydrogen-bond donors (Lipinski definition) is 3. The third-order valence-electron chi connectivity index (χ3n) is 2.35. The van der Waals surface area contributed by atoms with Gasteiger partial charge in [-0.2, -0.15) is 0 Å². The maximum atomic E-state index is 13.5. The molecular formula is C12H9BrFN3O2. The number of nitrogens with zero attached hydrogens (tertiary/aromatic N) is 1. The lowest BCUT2D eigenvalue weighted by atomic mass is 10.2. The summed E-state index contributed by atoms with van der Waals surface area (Å²) in [6, 6.07) is 5.63. The van der Waals surface area contributed by atoms with Crippen molar-refractivity contribution >= 4 is 39.1 Å². The van der Waals surface area contributed by atoms with E-state index in [4.69, 9.17) is 10.8 Å². The van der Waals surface area contributed by atoms with Crippen molar-refractivity contribution < 1.29 is 14.3 Å². The Morgan fingerprint density at radius 3 is 2.79 bits per heavy atom. The number of aromatic nitrogens is 1. The van der Waals surface area contributed by atoms with E-state index < -0.39 is 11.8 Å². The predicted octanol–water partition coefficient (Wildman–Crippen LogP) is 3.01. The Hall–Kier alpha value is -2.15. The van der Waals surface area contributed by atoms with Gasteiger partial charge in [0.25, 0.3) is 0 Å². The van der Waals surface area contributed by atoms with Crippen LogP contribution in [0.25, 0.3) is 0 Å². The lowest BCUT2D eigenvalue weighted by Crippen LogP contribution is -2.04. The van der Waals surface area contributed by atoms with E-state index in [1.807, 2.05) is 0 Å². The Morgan fingerprint density at radius 2 is 2.16 bits per heavy atom. The quantitative estimate of drug-likeness (QED) is 0.807. The number of benzene rings is 1. The highest BCUT2D eigenvalue weighted by Crippen LogP contribution is 2.26. The summed E-state index contributed by atoms with van der Waals surface area (Å²) in [5.74, 6) is -1.40. The van der Waals surface area contributed by atoms with Gasteiger partial charge in [0.05, 0.1) is 16.9 Å². The number of nitrogen functional groups attached to an aromatic ring is 1. The van der Waals surface area contributed by atoms with E-state index in [-0.39, 0.29) is 22.8 Å². The lowest BCUT2D eigenvalue weighted by Gasteiger charge is -2.10. The van der Waals surface area contributed by atoms with Crippen LogP contribution in [0.3, 0.4) is 0 Å². The van der Waals surface area contributed by atoms with Crippen LogP contribution in [0.2, 0.25) is 0 Å². The van der Waals surface area contributed by atoms with E-state index in [1.54, 1.807) is 6.07 Å². The number of aromatic carboxylic acids is 1. The van der Waals surface area contributed by atoms with Gasteiger partial charge in [-0.25, -0.2) is 14.2 Å². The van der Waals surface area contributed by atoms with Crippen molar-refractivity contribution in [2.24, 2.45) is 0 Å². The molecule has 0 unspecified atom stereocenters. The van der Waals surface area contributed by atoms with E-state index in [0.717, 1.165) is 6.20 Å². The van der Waals surface area contributed by atoms with Gasteiger partial charge in [0.1, 0.15) is 5.82 Å². The molecule has 98 valence electrons. The van der Waals surface area contributed by atoms with Crippen LogP contribution in [0.4, 0.5) is 21.6 Å². The first-order valence-corrected chi connectivity index (χ1v) is 5.97. The van der Waals surface area contributed by atoms with Crippen molar-refractivity contribution in [2.75, 3.05) is 11.1 Å². The van der Waals surface area contributed by atoms with Crippen molar-refractivity contribution in [3.63, 3.8) is 0 Å². The number of nitrogens with two attached hydrogens (primary N) is 1. The van der Waals surface area contributed by atoms with E-state index in [1.165, 1.54) is 18.2 Å². The average molecular weight is 326 g/mol. The summed E-state index contributed by atoms with van der Waals surface area (Å²) >= 11 is 3.22. The van der Waals surface area contributed by atoms with Gasteiger partial charge in [-0.3, -0.25) is 0 Å². The first-order valence-electron chi connectivity index (χ1n) is 5.18. The molecule has 0 saturated heterocycles. The van der Waals surface area contributed by atoms with E-state index in [9.17, 15) is 9.18 Å². The molecular weight excluding hydrogens is 317 g/mol. The number of halogens is 2. The highest BCUT2D eigenvalue weighted by atomic mass is 79.9. The zero-order valence-corrected chi connectivity index (χ0v) is 11.1. The van der Waals surface area contributed by atoms with Crippen LogP contribution in [-0.2, 0) is 0 Å². The molecule has 0 bridgehead atoms. The summed E-state index contributed by atoms with van der Waals surface area (Å²) in [7, 11) is 0. The number of carbonyl (C=O) groups is 1. The highest BCUT2D eigenvalue weighted by Gasteiger charge is 2.10. The molecule has 0 aliphatic carbocycles. The van der Waals surface area contributed by atoms with E-state index in [0.29, 0.717) is 4.47 Å².